The van der Waals surface area contributed by atoms with Crippen LogP contribution in [-0.2, 0) is 4.79 Å². The Kier molecular flexibility index (Phi) is 6.01. The number of nitrogens with one attached hydrogen (secondary N) is 1. The van der Waals surface area contributed by atoms with Gasteiger partial charge in [0.25, 0.3) is 5.56 Å². The Morgan fingerprint density at radius 1 is 1.11 bits per heavy atom. The highest BCUT2D eigenvalue weighted by molar-refractivity contribution is 6.06. The zero-order valence-corrected chi connectivity index (χ0v) is 19.9. The van der Waals surface area contributed by atoms with Gasteiger partial charge in [-0.05, 0) is 54.6 Å². The van der Waals surface area contributed by atoms with Crippen molar-refractivity contribution in [3.63, 3.8) is 0 Å². The van der Waals surface area contributed by atoms with Crippen LogP contribution in [0.5, 0.6) is 0 Å². The summed E-state index contributed by atoms with van der Waals surface area (Å²) in [5, 5.41) is 4.63. The minimum atomic E-state index is -0.365. The van der Waals surface area contributed by atoms with Crippen LogP contribution < -0.4 is 10.9 Å². The van der Waals surface area contributed by atoms with Crippen molar-refractivity contribution in [1.82, 2.24) is 14.5 Å². The number of rotatable bonds is 5. The van der Waals surface area contributed by atoms with Crippen molar-refractivity contribution in [2.75, 3.05) is 5.32 Å². The van der Waals surface area contributed by atoms with Gasteiger partial charge >= 0.3 is 0 Å². The predicted molar refractivity (Wildman–Crippen MR) is 141 cm³/mol. The van der Waals surface area contributed by atoms with E-state index in [-0.39, 0.29) is 17.4 Å². The van der Waals surface area contributed by atoms with E-state index in [1.807, 2.05) is 73.7 Å². The van der Waals surface area contributed by atoms with E-state index in [1.54, 1.807) is 17.6 Å². The van der Waals surface area contributed by atoms with Gasteiger partial charge in [0, 0.05) is 24.0 Å². The fraction of sp³-hybridized carbons (Fsp3) is 0.138. The van der Waals surface area contributed by atoms with E-state index in [9.17, 15) is 9.59 Å². The number of anilines is 1. The lowest BCUT2D eigenvalue weighted by Gasteiger charge is -2.22. The van der Waals surface area contributed by atoms with Crippen molar-refractivity contribution >= 4 is 33.6 Å². The van der Waals surface area contributed by atoms with Crippen molar-refractivity contribution in [3.05, 3.63) is 118 Å². The number of aryl methyl sites for hydroxylation is 1. The van der Waals surface area contributed by atoms with Gasteiger partial charge in [-0.2, -0.15) is 0 Å². The third-order valence-electron chi connectivity index (χ3n) is 6.14. The van der Waals surface area contributed by atoms with Crippen LogP contribution in [0.25, 0.3) is 26.9 Å². The molecule has 0 unspecified atom stereocenters. The number of aromatic nitrogens is 3. The lowest BCUT2D eigenvalue weighted by molar-refractivity contribution is -0.113. The zero-order chi connectivity index (χ0) is 25.2. The first-order valence-corrected chi connectivity index (χ1v) is 11.6. The van der Waals surface area contributed by atoms with Gasteiger partial charge in [-0.25, -0.2) is 9.83 Å². The van der Waals surface area contributed by atoms with Gasteiger partial charge < -0.3 is 5.32 Å². The van der Waals surface area contributed by atoms with Crippen LogP contribution in [0.2, 0.25) is 0 Å². The maximum absolute atomic E-state index is 14.2. The van der Waals surface area contributed by atoms with Crippen molar-refractivity contribution < 1.29 is 4.79 Å². The number of nitrogens with zero attached hydrogens (tertiary/aromatic N) is 4. The summed E-state index contributed by atoms with van der Waals surface area (Å²) in [6.07, 6.45) is 7.18. The number of fused-ring (bicyclic) bond motifs is 1. The van der Waals surface area contributed by atoms with E-state index >= 15 is 0 Å². The maximum atomic E-state index is 14.2. The molecular weight excluding hydrogens is 450 g/mol. The summed E-state index contributed by atoms with van der Waals surface area (Å²) in [6.45, 7) is 11.2. The summed E-state index contributed by atoms with van der Waals surface area (Å²) in [7, 11) is 0. The van der Waals surface area contributed by atoms with Crippen LogP contribution in [0, 0.1) is 13.5 Å². The van der Waals surface area contributed by atoms with Crippen LogP contribution in [0.3, 0.4) is 0 Å². The first kappa shape index (κ1) is 22.9. The Hall–Kier alpha value is -4.83. The van der Waals surface area contributed by atoms with Crippen LogP contribution in [0.15, 0.2) is 83.8 Å². The third-order valence-corrected chi connectivity index (χ3v) is 6.14. The van der Waals surface area contributed by atoms with Gasteiger partial charge in [0.15, 0.2) is 5.78 Å². The molecule has 36 heavy (non-hydrogen) atoms. The molecule has 0 saturated heterocycles. The van der Waals surface area contributed by atoms with Crippen LogP contribution in [0.1, 0.15) is 36.5 Å². The summed E-state index contributed by atoms with van der Waals surface area (Å²) in [5.41, 5.74) is 3.01. The minimum absolute atomic E-state index is 0.0121. The highest BCUT2D eigenvalue weighted by Crippen LogP contribution is 2.31. The number of carbonyl (C=O) groups is 1. The zero-order valence-electron chi connectivity index (χ0n) is 19.9. The summed E-state index contributed by atoms with van der Waals surface area (Å²) < 4.78 is 1.68. The highest BCUT2D eigenvalue weighted by Gasteiger charge is 2.20. The molecule has 1 aliphatic carbocycles. The minimum Gasteiger partial charge on any atom is -0.371 e. The van der Waals surface area contributed by atoms with E-state index in [0.29, 0.717) is 34.8 Å². The van der Waals surface area contributed by atoms with Gasteiger partial charge in [0.05, 0.1) is 18.0 Å². The summed E-state index contributed by atoms with van der Waals surface area (Å²) >= 11 is 0. The lowest BCUT2D eigenvalue weighted by atomic mass is 9.94. The molecule has 5 rings (SSSR count). The topological polar surface area (TPSA) is 81.2 Å². The Balaban J connectivity index is 1.74. The van der Waals surface area contributed by atoms with E-state index in [4.69, 9.17) is 6.57 Å². The highest BCUT2D eigenvalue weighted by atomic mass is 16.1. The van der Waals surface area contributed by atoms with Crippen LogP contribution in [-0.4, -0.2) is 20.3 Å². The summed E-state index contributed by atoms with van der Waals surface area (Å²) in [6, 6.07) is 16.7. The molecule has 0 amide bonds. The van der Waals surface area contributed by atoms with Crippen molar-refractivity contribution in [1.29, 1.82) is 0 Å². The van der Waals surface area contributed by atoms with E-state index in [1.165, 1.54) is 6.20 Å². The summed E-state index contributed by atoms with van der Waals surface area (Å²) in [4.78, 5) is 38.3. The SMILES string of the molecule is [C-]#[N+]c1cnc(C)nc1N[C@@H](C)c1cc2cccc(C3=CC(=O)CC=C3)c2c(=O)n1-c1ccccc1. The maximum Gasteiger partial charge on any atom is 0.263 e. The van der Waals surface area contributed by atoms with Crippen molar-refractivity contribution in [2.24, 2.45) is 0 Å². The van der Waals surface area contributed by atoms with E-state index in [0.717, 1.165) is 22.2 Å². The van der Waals surface area contributed by atoms with Crippen LogP contribution in [0.4, 0.5) is 11.5 Å². The molecule has 0 bridgehead atoms. The third kappa shape index (κ3) is 4.21. The second-order valence-corrected chi connectivity index (χ2v) is 8.62. The van der Waals surface area contributed by atoms with Crippen LogP contribution >= 0.6 is 0 Å². The van der Waals surface area contributed by atoms with Crippen molar-refractivity contribution in [2.45, 2.75) is 26.3 Å². The number of para-hydroxylation sites is 1. The number of pyridine rings is 1. The number of hydrogen-bond donors (Lipinski definition) is 1. The quantitative estimate of drug-likeness (QED) is 0.375. The molecule has 2 aromatic carbocycles. The molecular formula is C29H23N5O2. The molecule has 2 heterocycles. The molecule has 7 heteroatoms. The molecule has 1 aliphatic rings. The fourth-order valence-corrected chi connectivity index (χ4v) is 4.47. The molecule has 0 saturated carbocycles. The Labute approximate surface area is 208 Å². The Morgan fingerprint density at radius 3 is 2.67 bits per heavy atom. The molecule has 7 nitrogen and oxygen atoms in total. The first-order chi connectivity index (χ1) is 17.5. The fourth-order valence-electron chi connectivity index (χ4n) is 4.47. The van der Waals surface area contributed by atoms with E-state index < -0.39 is 0 Å². The van der Waals surface area contributed by atoms with Gasteiger partial charge in [-0.15, -0.1) is 0 Å². The van der Waals surface area contributed by atoms with Gasteiger partial charge in [-0.3, -0.25) is 19.1 Å². The molecule has 2 aromatic heterocycles. The monoisotopic (exact) mass is 473 g/mol. The van der Waals surface area contributed by atoms with Crippen molar-refractivity contribution in [3.8, 4) is 5.69 Å². The molecule has 1 N–H and O–H groups in total. The lowest BCUT2D eigenvalue weighted by Crippen LogP contribution is -2.26. The molecule has 0 spiro atoms. The first-order valence-electron chi connectivity index (χ1n) is 11.6. The number of hydrogen-bond acceptors (Lipinski definition) is 5. The van der Waals surface area contributed by atoms with Gasteiger partial charge in [0.2, 0.25) is 5.69 Å². The van der Waals surface area contributed by atoms with Gasteiger partial charge in [-0.1, -0.05) is 48.6 Å². The predicted octanol–water partition coefficient (Wildman–Crippen LogP) is 5.73. The number of allylic oxidation sites excluding steroid dienone is 4. The second-order valence-electron chi connectivity index (χ2n) is 8.62. The molecule has 0 radical (unpaired) electrons. The molecule has 4 aromatic rings. The largest absolute Gasteiger partial charge is 0.371 e. The van der Waals surface area contributed by atoms with Gasteiger partial charge in [0.1, 0.15) is 11.6 Å². The normalized spacial score (nSPS) is 13.8. The standard InChI is InChI=1S/C29H23N5O2/c1-18(32-28-25(30-3)17-31-19(2)33-28)26-16-21-10-8-14-24(20-9-7-13-23(35)15-20)27(21)29(36)34(26)22-11-5-4-6-12-22/h4-12,14-18H,13H2,1-2H3,(H,31,32,33)/t18-/m0/s1. The number of benzene rings is 2. The smallest absolute Gasteiger partial charge is 0.263 e. The Morgan fingerprint density at radius 2 is 1.92 bits per heavy atom. The average molecular weight is 474 g/mol. The molecule has 0 fully saturated rings. The molecule has 0 aliphatic heterocycles. The molecule has 176 valence electrons. The second kappa shape index (κ2) is 9.43. The number of carbonyl (C=O) groups excluding carboxylic acids is 1. The Bertz CT molecular complexity index is 1660. The number of ketones is 1. The molecule has 1 atom stereocenters. The summed E-state index contributed by atoms with van der Waals surface area (Å²) in [5.74, 6) is 0.976. The average Bonchev–Trinajstić information content (AvgIpc) is 2.89. The van der Waals surface area contributed by atoms with E-state index in [2.05, 4.69) is 20.1 Å².